The number of allylic oxidation sites excluding steroid dienone is 4. The van der Waals surface area contributed by atoms with Gasteiger partial charge in [-0.3, -0.25) is 0 Å². The molecule has 0 aliphatic heterocycles. The second-order valence-corrected chi connectivity index (χ2v) is 11.6. The third-order valence-corrected chi connectivity index (χ3v) is 9.50. The number of benzene rings is 5. The Morgan fingerprint density at radius 1 is 0.676 bits per heavy atom. The van der Waals surface area contributed by atoms with E-state index in [1.165, 1.54) is 69.9 Å². The summed E-state index contributed by atoms with van der Waals surface area (Å²) in [5.41, 5.74) is 7.95. The lowest BCUT2D eigenvalue weighted by Gasteiger charge is -2.29. The molecule has 0 aromatic heterocycles. The summed E-state index contributed by atoms with van der Waals surface area (Å²) in [6, 6.07) is 33.5. The van der Waals surface area contributed by atoms with E-state index in [1.807, 2.05) is 0 Å². The number of fused-ring (bicyclic) bond motifs is 4. The standard InChI is InChI=1S/C35H24Br2/c1-21-18-22(32-24-10-2-6-14-28(24)34(36)29-15-7-3-11-25(29)32)20-23(19-21)33-26-12-4-8-16-30(26)35(37)31-17-9-5-13-27(31)33/h2-12,14-20,27H,13H2,1H3. The molecule has 0 saturated carbocycles. The summed E-state index contributed by atoms with van der Waals surface area (Å²) in [7, 11) is 0. The molecule has 1 atom stereocenters. The Balaban J connectivity index is 1.58. The molecule has 0 bridgehead atoms. The van der Waals surface area contributed by atoms with Crippen molar-refractivity contribution in [2.75, 3.05) is 0 Å². The quantitative estimate of drug-likeness (QED) is 0.177. The maximum absolute atomic E-state index is 3.95. The lowest BCUT2D eigenvalue weighted by molar-refractivity contribution is 0.802. The van der Waals surface area contributed by atoms with Crippen molar-refractivity contribution < 1.29 is 0 Å². The third-order valence-electron chi connectivity index (χ3n) is 7.76. The van der Waals surface area contributed by atoms with Crippen LogP contribution in [0.2, 0.25) is 0 Å². The average Bonchev–Trinajstić information content (AvgIpc) is 2.93. The molecule has 2 heteroatoms. The highest BCUT2D eigenvalue weighted by Gasteiger charge is 2.28. The summed E-state index contributed by atoms with van der Waals surface area (Å²) in [5.74, 6) is 0.335. The Kier molecular flexibility index (Phi) is 5.57. The van der Waals surface area contributed by atoms with E-state index in [4.69, 9.17) is 0 Å². The van der Waals surface area contributed by atoms with Gasteiger partial charge in [0.2, 0.25) is 0 Å². The smallest absolute Gasteiger partial charge is 0.0332 e. The van der Waals surface area contributed by atoms with Gasteiger partial charge in [0.05, 0.1) is 0 Å². The molecule has 0 spiro atoms. The van der Waals surface area contributed by atoms with Crippen LogP contribution in [0.25, 0.3) is 42.7 Å². The van der Waals surface area contributed by atoms with Crippen LogP contribution in [0.1, 0.15) is 17.5 Å². The van der Waals surface area contributed by atoms with E-state index in [2.05, 4.69) is 148 Å². The molecule has 7 rings (SSSR count). The Hall–Kier alpha value is -3.20. The molecule has 5 aromatic carbocycles. The van der Waals surface area contributed by atoms with Gasteiger partial charge >= 0.3 is 0 Å². The zero-order chi connectivity index (χ0) is 25.1. The minimum atomic E-state index is 0.335. The van der Waals surface area contributed by atoms with Crippen molar-refractivity contribution in [3.05, 3.63) is 141 Å². The lowest BCUT2D eigenvalue weighted by atomic mass is 9.76. The number of rotatable bonds is 2. The Morgan fingerprint density at radius 3 is 1.97 bits per heavy atom. The van der Waals surface area contributed by atoms with Gasteiger partial charge in [0.25, 0.3) is 0 Å². The molecule has 0 saturated heterocycles. The van der Waals surface area contributed by atoms with Crippen LogP contribution < -0.4 is 10.4 Å². The molecule has 2 aliphatic rings. The minimum absolute atomic E-state index is 0.335. The van der Waals surface area contributed by atoms with Gasteiger partial charge in [0.1, 0.15) is 0 Å². The minimum Gasteiger partial charge on any atom is -0.0836 e. The summed E-state index contributed by atoms with van der Waals surface area (Å²) in [6.07, 6.45) is 7.79. The number of hydrogen-bond acceptors (Lipinski definition) is 0. The first-order valence-corrected chi connectivity index (χ1v) is 14.3. The van der Waals surface area contributed by atoms with Gasteiger partial charge in [-0.2, -0.15) is 0 Å². The zero-order valence-corrected chi connectivity index (χ0v) is 23.6. The average molecular weight is 604 g/mol. The predicted molar refractivity (Wildman–Crippen MR) is 165 cm³/mol. The molecule has 0 amide bonds. The van der Waals surface area contributed by atoms with Gasteiger partial charge in [-0.05, 0) is 117 Å². The van der Waals surface area contributed by atoms with Crippen molar-refractivity contribution >= 4 is 63.5 Å². The molecule has 0 N–H and O–H groups in total. The van der Waals surface area contributed by atoms with Gasteiger partial charge < -0.3 is 0 Å². The first-order chi connectivity index (χ1) is 18.1. The molecule has 5 aromatic rings. The second kappa shape index (κ2) is 8.97. The maximum Gasteiger partial charge on any atom is 0.0332 e. The van der Waals surface area contributed by atoms with E-state index in [-0.39, 0.29) is 0 Å². The van der Waals surface area contributed by atoms with Gasteiger partial charge in [0.15, 0.2) is 0 Å². The second-order valence-electron chi connectivity index (χ2n) is 9.98. The molecule has 178 valence electrons. The van der Waals surface area contributed by atoms with Crippen molar-refractivity contribution in [3.8, 4) is 11.1 Å². The van der Waals surface area contributed by atoms with Crippen LogP contribution in [0, 0.1) is 12.8 Å². The summed E-state index contributed by atoms with van der Waals surface area (Å²) < 4.78 is 2.38. The molecule has 0 radical (unpaired) electrons. The third kappa shape index (κ3) is 3.61. The topological polar surface area (TPSA) is 0 Å². The first-order valence-electron chi connectivity index (χ1n) is 12.7. The van der Waals surface area contributed by atoms with Crippen LogP contribution >= 0.6 is 31.9 Å². The largest absolute Gasteiger partial charge is 0.0836 e. The first kappa shape index (κ1) is 23.0. The SMILES string of the molecule is Cc1cc(C2=c3ccccc3=C(Br)C3=CC=CCC32)cc(-c2c3ccccc3c(Br)c3ccccc23)c1. The van der Waals surface area contributed by atoms with Gasteiger partial charge in [-0.25, -0.2) is 0 Å². The summed E-state index contributed by atoms with van der Waals surface area (Å²) in [6.45, 7) is 2.23. The van der Waals surface area contributed by atoms with Crippen molar-refractivity contribution in [1.29, 1.82) is 0 Å². The zero-order valence-electron chi connectivity index (χ0n) is 20.4. The van der Waals surface area contributed by atoms with Crippen LogP contribution in [-0.4, -0.2) is 0 Å². The van der Waals surface area contributed by atoms with Gasteiger partial charge in [0, 0.05) is 14.9 Å². The highest BCUT2D eigenvalue weighted by atomic mass is 79.9. The van der Waals surface area contributed by atoms with Crippen molar-refractivity contribution in [2.45, 2.75) is 13.3 Å². The van der Waals surface area contributed by atoms with Crippen molar-refractivity contribution in [1.82, 2.24) is 0 Å². The van der Waals surface area contributed by atoms with E-state index in [9.17, 15) is 0 Å². The van der Waals surface area contributed by atoms with E-state index in [0.717, 1.165) is 10.9 Å². The molecule has 2 aliphatic carbocycles. The molecule has 0 fully saturated rings. The fraction of sp³-hybridized carbons (Fsp3) is 0.0857. The van der Waals surface area contributed by atoms with Crippen molar-refractivity contribution in [2.24, 2.45) is 5.92 Å². The van der Waals surface area contributed by atoms with E-state index in [0.29, 0.717) is 5.92 Å². The monoisotopic (exact) mass is 602 g/mol. The van der Waals surface area contributed by atoms with E-state index < -0.39 is 0 Å². The number of aryl methyl sites for hydroxylation is 1. The Morgan fingerprint density at radius 2 is 1.27 bits per heavy atom. The number of hydrogen-bond donors (Lipinski definition) is 0. The van der Waals surface area contributed by atoms with Gasteiger partial charge in [-0.15, -0.1) is 0 Å². The van der Waals surface area contributed by atoms with Crippen molar-refractivity contribution in [3.63, 3.8) is 0 Å². The summed E-state index contributed by atoms with van der Waals surface area (Å²) >= 11 is 7.87. The maximum atomic E-state index is 3.95. The van der Waals surface area contributed by atoms with E-state index in [1.54, 1.807) is 0 Å². The van der Waals surface area contributed by atoms with Crippen LogP contribution in [0.4, 0.5) is 0 Å². The highest BCUT2D eigenvalue weighted by molar-refractivity contribution is 9.15. The molecule has 0 nitrogen and oxygen atoms in total. The van der Waals surface area contributed by atoms with Crippen LogP contribution in [0.3, 0.4) is 0 Å². The lowest BCUT2D eigenvalue weighted by Crippen LogP contribution is -2.36. The normalized spacial score (nSPS) is 16.6. The molecule has 0 heterocycles. The predicted octanol–water partition coefficient (Wildman–Crippen LogP) is 8.95. The summed E-state index contributed by atoms with van der Waals surface area (Å²) in [4.78, 5) is 0. The highest BCUT2D eigenvalue weighted by Crippen LogP contribution is 2.44. The molecule has 1 unspecified atom stereocenters. The molecule has 37 heavy (non-hydrogen) atoms. The fourth-order valence-corrected chi connectivity index (χ4v) is 7.65. The Bertz CT molecular complexity index is 1880. The van der Waals surface area contributed by atoms with Crippen LogP contribution in [0.5, 0.6) is 0 Å². The van der Waals surface area contributed by atoms with Crippen LogP contribution in [-0.2, 0) is 0 Å². The van der Waals surface area contributed by atoms with Gasteiger partial charge in [-0.1, -0.05) is 103 Å². The Labute approximate surface area is 233 Å². The fourth-order valence-electron chi connectivity index (χ4n) is 6.21. The molecular weight excluding hydrogens is 580 g/mol. The molecular formula is C35H24Br2. The summed E-state index contributed by atoms with van der Waals surface area (Å²) in [5, 5.41) is 7.64. The number of halogens is 2. The van der Waals surface area contributed by atoms with E-state index >= 15 is 0 Å². The van der Waals surface area contributed by atoms with Crippen LogP contribution in [0.15, 0.2) is 119 Å².